The van der Waals surface area contributed by atoms with Crippen LogP contribution in [0, 0.1) is 19.8 Å². The lowest BCUT2D eigenvalue weighted by Gasteiger charge is -2.35. The van der Waals surface area contributed by atoms with Gasteiger partial charge in [-0.3, -0.25) is 18.6 Å². The lowest BCUT2D eigenvalue weighted by atomic mass is 9.83. The predicted octanol–water partition coefficient (Wildman–Crippen LogP) is 6.09. The third-order valence-corrected chi connectivity index (χ3v) is 13.6. The van der Waals surface area contributed by atoms with Gasteiger partial charge in [0.25, 0.3) is 12.3 Å². The van der Waals surface area contributed by atoms with E-state index in [9.17, 15) is 9.90 Å². The first kappa shape index (κ1) is 38.6. The summed E-state index contributed by atoms with van der Waals surface area (Å²) in [5, 5.41) is 21.8. The Hall–Kier alpha value is -6.29. The Morgan fingerprint density at radius 3 is 2.45 bits per heavy atom. The van der Waals surface area contributed by atoms with E-state index in [1.165, 1.54) is 5.56 Å². The van der Waals surface area contributed by atoms with Crippen molar-refractivity contribution in [3.8, 4) is 17.2 Å². The number of rotatable bonds is 7. The number of aryl methyl sites for hydroxylation is 3. The Morgan fingerprint density at radius 2 is 1.71 bits per heavy atom. The van der Waals surface area contributed by atoms with Crippen molar-refractivity contribution in [1.82, 2.24) is 43.6 Å². The van der Waals surface area contributed by atoms with Crippen molar-refractivity contribution in [2.45, 2.75) is 90.3 Å². The zero-order chi connectivity index (χ0) is 42.8. The molecule has 1 unspecified atom stereocenters. The van der Waals surface area contributed by atoms with Crippen LogP contribution in [0.4, 0.5) is 0 Å². The fraction of sp³-hybridized carbons (Fsp3) is 0.383. The summed E-state index contributed by atoms with van der Waals surface area (Å²) in [4.78, 5) is 41.6. The lowest BCUT2D eigenvalue weighted by molar-refractivity contribution is -0.103. The summed E-state index contributed by atoms with van der Waals surface area (Å²) >= 11 is 0. The van der Waals surface area contributed by atoms with E-state index < -0.39 is 12.0 Å². The van der Waals surface area contributed by atoms with Gasteiger partial charge in [0.15, 0.2) is 5.84 Å². The molecule has 15 nitrogen and oxygen atoms in total. The Labute approximate surface area is 357 Å². The second kappa shape index (κ2) is 13.9. The van der Waals surface area contributed by atoms with Gasteiger partial charge in [-0.25, -0.2) is 24.8 Å². The van der Waals surface area contributed by atoms with Crippen LogP contribution in [-0.4, -0.2) is 80.2 Å². The predicted molar refractivity (Wildman–Crippen MR) is 234 cm³/mol. The molecule has 0 spiro atoms. The topological polar surface area (TPSA) is 151 Å². The number of nitrogens with one attached hydrogen (secondary N) is 1. The first-order valence-electron chi connectivity index (χ1n) is 21.5. The number of hydroxylamine groups is 1. The molecule has 3 aromatic carbocycles. The molecule has 3 aliphatic heterocycles. The van der Waals surface area contributed by atoms with Crippen LogP contribution in [0.15, 0.2) is 89.0 Å². The normalized spacial score (nSPS) is 23.2. The Morgan fingerprint density at radius 1 is 0.935 bits per heavy atom. The molecule has 7 aromatic rings. The monoisotopic (exact) mass is 834 g/mol. The zero-order valence-electron chi connectivity index (χ0n) is 35.8. The number of carbonyl (C=O) groups excluding carboxylic acids is 1. The molecule has 4 aromatic heterocycles. The van der Waals surface area contributed by atoms with E-state index in [1.54, 1.807) is 27.7 Å². The summed E-state index contributed by atoms with van der Waals surface area (Å²) in [6, 6.07) is 20.7. The van der Waals surface area contributed by atoms with E-state index in [2.05, 4.69) is 91.2 Å². The molecule has 0 bridgehead atoms. The van der Waals surface area contributed by atoms with Gasteiger partial charge in [0.05, 0.1) is 40.9 Å². The summed E-state index contributed by atoms with van der Waals surface area (Å²) in [7, 11) is 1.90. The number of benzene rings is 3. The van der Waals surface area contributed by atoms with E-state index in [0.29, 0.717) is 49.3 Å². The van der Waals surface area contributed by atoms with Gasteiger partial charge in [-0.1, -0.05) is 19.1 Å². The van der Waals surface area contributed by atoms with E-state index in [-0.39, 0.29) is 29.7 Å². The SMILES string of the molecule is Cc1cc(C)cc(-n2nc3c(c2-n2ccn(-c4ccc5c(cnn5C)c4)c2=O)CN(C(=O)c2cc4cc([C@H]5CCOC(C)(C)C5)ccc4n2[C@@]2(C4=NC(O)ON4)C[C@@H]2C)CC3)c1. The maximum absolute atomic E-state index is 15.4. The van der Waals surface area contributed by atoms with Gasteiger partial charge in [-0.15, -0.1) is 0 Å². The average molecular weight is 835 g/mol. The summed E-state index contributed by atoms with van der Waals surface area (Å²) in [6.07, 6.45) is 7.07. The molecule has 1 aliphatic carbocycles. The van der Waals surface area contributed by atoms with Gasteiger partial charge in [-0.05, 0) is 124 Å². The molecular weight excluding hydrogens is 785 g/mol. The molecule has 2 N–H and O–H groups in total. The van der Waals surface area contributed by atoms with E-state index in [0.717, 1.165) is 68.4 Å². The number of aliphatic hydroxyl groups excluding tert-OH is 1. The molecule has 2 fully saturated rings. The third kappa shape index (κ3) is 6.08. The molecule has 62 heavy (non-hydrogen) atoms. The number of fused-ring (bicyclic) bond motifs is 3. The zero-order valence-corrected chi connectivity index (χ0v) is 35.8. The van der Waals surface area contributed by atoms with Crippen LogP contribution in [0.5, 0.6) is 0 Å². The fourth-order valence-corrected chi connectivity index (χ4v) is 10.4. The van der Waals surface area contributed by atoms with Gasteiger partial charge in [0, 0.05) is 60.9 Å². The van der Waals surface area contributed by atoms with Crippen molar-refractivity contribution in [2.75, 3.05) is 13.2 Å². The van der Waals surface area contributed by atoms with Crippen LogP contribution >= 0.6 is 0 Å². The van der Waals surface area contributed by atoms with Crippen LogP contribution in [0.2, 0.25) is 0 Å². The van der Waals surface area contributed by atoms with Crippen molar-refractivity contribution >= 4 is 33.5 Å². The van der Waals surface area contributed by atoms with Gasteiger partial charge in [0.2, 0.25) is 0 Å². The number of hydrogen-bond donors (Lipinski definition) is 2. The number of aliphatic hydroxyl groups is 1. The van der Waals surface area contributed by atoms with Crippen LogP contribution in [0.3, 0.4) is 0 Å². The molecule has 7 heterocycles. The largest absolute Gasteiger partial charge is 0.376 e. The number of ether oxygens (including phenoxy) is 1. The molecular formula is C47H50N10O5. The van der Waals surface area contributed by atoms with Crippen LogP contribution in [0.25, 0.3) is 39.0 Å². The smallest absolute Gasteiger partial charge is 0.338 e. The van der Waals surface area contributed by atoms with Crippen LogP contribution in [-0.2, 0) is 35.1 Å². The molecule has 1 saturated carbocycles. The minimum atomic E-state index is -1.33. The van der Waals surface area contributed by atoms with Crippen molar-refractivity contribution in [3.05, 3.63) is 123 Å². The summed E-state index contributed by atoms with van der Waals surface area (Å²) < 4.78 is 15.1. The molecule has 15 heteroatoms. The van der Waals surface area contributed by atoms with Crippen molar-refractivity contribution in [3.63, 3.8) is 0 Å². The molecule has 318 valence electrons. The third-order valence-electron chi connectivity index (χ3n) is 13.6. The average Bonchev–Trinajstić information content (AvgIpc) is 3.86. The minimum absolute atomic E-state index is 0.103. The maximum Gasteiger partial charge on any atom is 0.338 e. The Kier molecular flexibility index (Phi) is 8.63. The van der Waals surface area contributed by atoms with Crippen LogP contribution < -0.4 is 11.2 Å². The van der Waals surface area contributed by atoms with Gasteiger partial charge >= 0.3 is 5.69 Å². The first-order valence-corrected chi connectivity index (χ1v) is 21.5. The number of amidine groups is 1. The second-order valence-corrected chi connectivity index (χ2v) is 18.3. The van der Waals surface area contributed by atoms with Gasteiger partial charge in [-0.2, -0.15) is 10.2 Å². The fourth-order valence-electron chi connectivity index (χ4n) is 10.4. The van der Waals surface area contributed by atoms with Gasteiger partial charge in [0.1, 0.15) is 17.1 Å². The molecule has 1 saturated heterocycles. The highest BCUT2D eigenvalue weighted by molar-refractivity contribution is 6.03. The highest BCUT2D eigenvalue weighted by atomic mass is 16.7. The molecule has 11 rings (SSSR count). The number of hydrogen-bond acceptors (Lipinski definition) is 9. The number of aromatic nitrogens is 7. The summed E-state index contributed by atoms with van der Waals surface area (Å²) in [5.41, 5.74) is 10.7. The number of imidazole rings is 1. The highest BCUT2D eigenvalue weighted by Crippen LogP contribution is 2.54. The van der Waals surface area contributed by atoms with Gasteiger partial charge < -0.3 is 19.3 Å². The molecule has 4 aliphatic rings. The number of aliphatic imine (C=N–C) groups is 1. The lowest BCUT2D eigenvalue weighted by Crippen LogP contribution is -2.42. The molecule has 4 atom stereocenters. The number of carbonyl (C=O) groups is 1. The molecule has 0 radical (unpaired) electrons. The van der Waals surface area contributed by atoms with Crippen LogP contribution in [0.1, 0.15) is 84.4 Å². The summed E-state index contributed by atoms with van der Waals surface area (Å²) in [6.45, 7) is 11.9. The Balaban J connectivity index is 1.02. The van der Waals surface area contributed by atoms with E-state index >= 15 is 4.79 Å². The first-order chi connectivity index (χ1) is 29.8. The highest BCUT2D eigenvalue weighted by Gasteiger charge is 2.60. The molecule has 1 amide bonds. The number of nitrogens with zero attached hydrogens (tertiary/aromatic N) is 9. The standard InChI is InChI=1S/C47H50N10O5/c1-27-17-28(2)19-35(18-27)57-41(55-15-14-54(45(55)60)34-8-10-38-33(21-34)25-48-52(38)6)36-26-53(13-11-37(36)50-57)42(58)40-22-32-20-30(31-12-16-61-46(4,5)24-31)7-9-39(32)56(40)47(23-29(47)3)43-49-44(59)62-51-43/h7-10,14-15,17-22,25,29,31,44,59H,11-13,16,23-24,26H2,1-6H3,(H,49,51)/t29-,31-,44?,47-/m0/s1. The van der Waals surface area contributed by atoms with Crippen molar-refractivity contribution in [2.24, 2.45) is 18.0 Å². The summed E-state index contributed by atoms with van der Waals surface area (Å²) in [5.74, 6) is 1.39. The van der Waals surface area contributed by atoms with Crippen molar-refractivity contribution < 1.29 is 19.5 Å². The maximum atomic E-state index is 15.4. The Bertz CT molecular complexity index is 3050. The minimum Gasteiger partial charge on any atom is -0.376 e. The van der Waals surface area contributed by atoms with E-state index in [1.807, 2.05) is 45.6 Å². The van der Waals surface area contributed by atoms with Crippen molar-refractivity contribution in [1.29, 1.82) is 0 Å². The number of amides is 1. The quantitative estimate of drug-likeness (QED) is 0.196. The second-order valence-electron chi connectivity index (χ2n) is 18.3. The van der Waals surface area contributed by atoms with E-state index in [4.69, 9.17) is 14.7 Å².